The highest BCUT2D eigenvalue weighted by atomic mass is 35.5. The summed E-state index contributed by atoms with van der Waals surface area (Å²) < 4.78 is 1.88. The van der Waals surface area contributed by atoms with Gasteiger partial charge in [-0.25, -0.2) is 0 Å². The van der Waals surface area contributed by atoms with Gasteiger partial charge < -0.3 is 15.2 Å². The molecule has 0 aliphatic heterocycles. The van der Waals surface area contributed by atoms with Gasteiger partial charge in [-0.15, -0.1) is 16.8 Å². The van der Waals surface area contributed by atoms with Crippen LogP contribution in [0.4, 0.5) is 5.69 Å². The molecule has 1 atom stereocenters. The Labute approximate surface area is 215 Å². The number of hydrogen-bond acceptors (Lipinski definition) is 5. The Balaban J connectivity index is 1.77. The molecule has 0 saturated heterocycles. The summed E-state index contributed by atoms with van der Waals surface area (Å²) in [6.45, 7) is 12.3. The van der Waals surface area contributed by atoms with Crippen LogP contribution in [0.2, 0.25) is 5.02 Å². The number of nitrogens with zero attached hydrogens (tertiary/aromatic N) is 3. The summed E-state index contributed by atoms with van der Waals surface area (Å²) >= 11 is 7.50. The molecule has 0 aliphatic carbocycles. The summed E-state index contributed by atoms with van der Waals surface area (Å²) in [6.07, 6.45) is 1.74. The van der Waals surface area contributed by atoms with Gasteiger partial charge in [-0.1, -0.05) is 67.6 Å². The lowest BCUT2D eigenvalue weighted by Crippen LogP contribution is -2.34. The van der Waals surface area contributed by atoms with Crippen molar-refractivity contribution in [2.75, 3.05) is 11.1 Å². The fraction of sp³-hybridized carbons (Fsp3) is 0.308. The molecule has 2 amide bonds. The number of aryl methyl sites for hydroxylation is 1. The maximum atomic E-state index is 12.9. The summed E-state index contributed by atoms with van der Waals surface area (Å²) in [5.74, 6) is 0.369. The molecule has 0 fully saturated rings. The predicted octanol–water partition coefficient (Wildman–Crippen LogP) is 5.59. The number of aromatic nitrogens is 3. The zero-order valence-electron chi connectivity index (χ0n) is 20.3. The Hall–Kier alpha value is -3.10. The highest BCUT2D eigenvalue weighted by Crippen LogP contribution is 2.27. The molecule has 0 aliphatic rings. The second-order valence-electron chi connectivity index (χ2n) is 8.50. The third kappa shape index (κ3) is 6.52. The van der Waals surface area contributed by atoms with Crippen molar-refractivity contribution in [2.24, 2.45) is 5.92 Å². The molecule has 184 valence electrons. The van der Waals surface area contributed by atoms with E-state index in [1.165, 1.54) is 11.8 Å². The quantitative estimate of drug-likeness (QED) is 0.273. The van der Waals surface area contributed by atoms with Crippen molar-refractivity contribution in [3.05, 3.63) is 82.7 Å². The van der Waals surface area contributed by atoms with E-state index in [2.05, 4.69) is 27.4 Å². The van der Waals surface area contributed by atoms with Crippen LogP contribution < -0.4 is 10.6 Å². The fourth-order valence-corrected chi connectivity index (χ4v) is 4.51. The first-order valence-electron chi connectivity index (χ1n) is 11.3. The van der Waals surface area contributed by atoms with Crippen LogP contribution in [0.3, 0.4) is 0 Å². The van der Waals surface area contributed by atoms with Gasteiger partial charge in [-0.3, -0.25) is 9.59 Å². The first-order valence-corrected chi connectivity index (χ1v) is 12.7. The van der Waals surface area contributed by atoms with Gasteiger partial charge in [0.15, 0.2) is 11.0 Å². The Morgan fingerprint density at radius 2 is 1.89 bits per heavy atom. The van der Waals surface area contributed by atoms with Crippen molar-refractivity contribution in [3.63, 3.8) is 0 Å². The number of anilines is 1. The third-order valence-corrected chi connectivity index (χ3v) is 6.91. The van der Waals surface area contributed by atoms with Crippen molar-refractivity contribution in [2.45, 2.75) is 45.4 Å². The third-order valence-electron chi connectivity index (χ3n) is 5.62. The normalized spacial score (nSPS) is 11.8. The monoisotopic (exact) mass is 511 g/mol. The molecule has 0 spiro atoms. The maximum absolute atomic E-state index is 12.9. The fourth-order valence-electron chi connectivity index (χ4n) is 3.53. The number of halogens is 1. The molecule has 0 bridgehead atoms. The zero-order valence-corrected chi connectivity index (χ0v) is 21.9. The van der Waals surface area contributed by atoms with Crippen molar-refractivity contribution in [1.29, 1.82) is 0 Å². The van der Waals surface area contributed by atoms with Crippen molar-refractivity contribution in [3.8, 4) is 0 Å². The molecule has 2 N–H and O–H groups in total. The molecule has 0 unspecified atom stereocenters. The van der Waals surface area contributed by atoms with Crippen LogP contribution in [-0.2, 0) is 11.3 Å². The van der Waals surface area contributed by atoms with E-state index < -0.39 is 6.04 Å². The van der Waals surface area contributed by atoms with Gasteiger partial charge in [-0.2, -0.15) is 0 Å². The predicted molar refractivity (Wildman–Crippen MR) is 142 cm³/mol. The molecule has 9 heteroatoms. The van der Waals surface area contributed by atoms with Crippen LogP contribution >= 0.6 is 23.4 Å². The molecule has 1 aromatic heterocycles. The second kappa shape index (κ2) is 12.0. The van der Waals surface area contributed by atoms with Crippen molar-refractivity contribution in [1.82, 2.24) is 20.1 Å². The lowest BCUT2D eigenvalue weighted by atomic mass is 10.0. The molecule has 2 aromatic carbocycles. The zero-order chi connectivity index (χ0) is 25.5. The summed E-state index contributed by atoms with van der Waals surface area (Å²) in [4.78, 5) is 25.6. The molecule has 0 radical (unpaired) electrons. The molecule has 7 nitrogen and oxygen atoms in total. The van der Waals surface area contributed by atoms with Gasteiger partial charge >= 0.3 is 0 Å². The van der Waals surface area contributed by atoms with Gasteiger partial charge in [0.25, 0.3) is 5.91 Å². The lowest BCUT2D eigenvalue weighted by molar-refractivity contribution is -0.113. The van der Waals surface area contributed by atoms with Crippen molar-refractivity contribution < 1.29 is 9.59 Å². The van der Waals surface area contributed by atoms with Crippen LogP contribution in [0, 0.1) is 19.8 Å². The van der Waals surface area contributed by atoms with Gasteiger partial charge in [0.2, 0.25) is 5.91 Å². The van der Waals surface area contributed by atoms with Gasteiger partial charge in [-0.05, 0) is 49.1 Å². The van der Waals surface area contributed by atoms with E-state index in [-0.39, 0.29) is 23.5 Å². The largest absolute Gasteiger partial charge is 0.342 e. The molecule has 0 saturated carbocycles. The average molecular weight is 512 g/mol. The van der Waals surface area contributed by atoms with E-state index in [1.54, 1.807) is 30.3 Å². The number of rotatable bonds is 10. The second-order valence-corrected chi connectivity index (χ2v) is 9.85. The van der Waals surface area contributed by atoms with Crippen LogP contribution in [0.1, 0.15) is 47.2 Å². The minimum Gasteiger partial charge on any atom is -0.342 e. The molecular weight excluding hydrogens is 482 g/mol. The van der Waals surface area contributed by atoms with E-state index in [9.17, 15) is 9.59 Å². The van der Waals surface area contributed by atoms with E-state index in [1.807, 2.05) is 50.5 Å². The van der Waals surface area contributed by atoms with Crippen LogP contribution in [-0.4, -0.2) is 32.3 Å². The van der Waals surface area contributed by atoms with Gasteiger partial charge in [0.1, 0.15) is 0 Å². The molecule has 1 heterocycles. The van der Waals surface area contributed by atoms with Crippen LogP contribution in [0.5, 0.6) is 0 Å². The van der Waals surface area contributed by atoms with E-state index in [0.29, 0.717) is 28.1 Å². The lowest BCUT2D eigenvalue weighted by Gasteiger charge is -2.23. The molecule has 3 aromatic rings. The Kier molecular flexibility index (Phi) is 9.12. The van der Waals surface area contributed by atoms with E-state index in [0.717, 1.165) is 16.8 Å². The highest BCUT2D eigenvalue weighted by molar-refractivity contribution is 7.99. The standard InChI is InChI=1S/C26H30ClN5O2S/c1-6-14-32-24(23(16(2)3)29-25(34)19-11-7-8-12-20(19)27)30-31-26(32)35-15-22(33)28-21-13-9-10-17(4)18(21)5/h6-13,16,23H,1,14-15H2,2-5H3,(H,28,33)(H,29,34)/t23-/m1/s1. The SMILES string of the molecule is C=CCn1c(SCC(=O)Nc2cccc(C)c2C)nnc1[C@H](NC(=O)c1ccccc1Cl)C(C)C. The number of carbonyl (C=O) groups excluding carboxylic acids is 2. The van der Waals surface area contributed by atoms with Gasteiger partial charge in [0, 0.05) is 12.2 Å². The molecule has 35 heavy (non-hydrogen) atoms. The topological polar surface area (TPSA) is 88.9 Å². The highest BCUT2D eigenvalue weighted by Gasteiger charge is 2.27. The number of carbonyl (C=O) groups is 2. The Morgan fingerprint density at radius 3 is 2.57 bits per heavy atom. The number of nitrogens with one attached hydrogen (secondary N) is 2. The number of benzene rings is 2. The number of hydrogen-bond donors (Lipinski definition) is 2. The summed E-state index contributed by atoms with van der Waals surface area (Å²) in [6, 6.07) is 12.3. The maximum Gasteiger partial charge on any atom is 0.253 e. The average Bonchev–Trinajstić information content (AvgIpc) is 3.21. The first kappa shape index (κ1) is 26.5. The smallest absolute Gasteiger partial charge is 0.253 e. The van der Waals surface area contributed by atoms with Crippen LogP contribution in [0.25, 0.3) is 0 Å². The summed E-state index contributed by atoms with van der Waals surface area (Å²) in [7, 11) is 0. The Morgan fingerprint density at radius 1 is 1.14 bits per heavy atom. The van der Waals surface area contributed by atoms with Gasteiger partial charge in [0.05, 0.1) is 22.4 Å². The summed E-state index contributed by atoms with van der Waals surface area (Å²) in [5, 5.41) is 15.7. The van der Waals surface area contributed by atoms with E-state index in [4.69, 9.17) is 11.6 Å². The first-order chi connectivity index (χ1) is 16.7. The minimum absolute atomic E-state index is 0.0275. The molecular formula is C26H30ClN5O2S. The van der Waals surface area contributed by atoms with Crippen molar-refractivity contribution >= 4 is 40.9 Å². The number of thioether (sulfide) groups is 1. The minimum atomic E-state index is -0.413. The Bertz CT molecular complexity index is 1220. The number of allylic oxidation sites excluding steroid dienone is 1. The molecule has 3 rings (SSSR count). The van der Waals surface area contributed by atoms with E-state index >= 15 is 0 Å². The van der Waals surface area contributed by atoms with Crippen LogP contribution in [0.15, 0.2) is 60.3 Å². The number of amides is 2. The summed E-state index contributed by atoms with van der Waals surface area (Å²) in [5.41, 5.74) is 3.35.